The molecule has 1 aliphatic rings. The molecule has 0 aliphatic heterocycles. The van der Waals surface area contributed by atoms with Gasteiger partial charge in [0.2, 0.25) is 5.43 Å². The molecule has 0 fully saturated rings. The van der Waals surface area contributed by atoms with E-state index in [2.05, 4.69) is 6.07 Å². The van der Waals surface area contributed by atoms with Gasteiger partial charge < -0.3 is 4.42 Å². The van der Waals surface area contributed by atoms with Crippen LogP contribution in [-0.2, 0) is 6.42 Å². The van der Waals surface area contributed by atoms with Crippen LogP contribution in [0.2, 0.25) is 0 Å². The van der Waals surface area contributed by atoms with Crippen molar-refractivity contribution in [3.05, 3.63) is 70.1 Å². The Labute approximate surface area is 103 Å². The molecule has 0 N–H and O–H groups in total. The summed E-state index contributed by atoms with van der Waals surface area (Å²) in [7, 11) is 0. The van der Waals surface area contributed by atoms with Crippen LogP contribution in [-0.4, -0.2) is 0 Å². The van der Waals surface area contributed by atoms with Gasteiger partial charge in [-0.1, -0.05) is 36.4 Å². The van der Waals surface area contributed by atoms with Crippen LogP contribution in [0.15, 0.2) is 57.7 Å². The van der Waals surface area contributed by atoms with E-state index >= 15 is 0 Å². The van der Waals surface area contributed by atoms with E-state index in [0.717, 1.165) is 16.9 Å². The van der Waals surface area contributed by atoms with Crippen molar-refractivity contribution >= 4 is 11.0 Å². The second-order valence-corrected chi connectivity index (χ2v) is 4.56. The van der Waals surface area contributed by atoms with Gasteiger partial charge in [-0.3, -0.25) is 4.79 Å². The van der Waals surface area contributed by atoms with Gasteiger partial charge >= 0.3 is 0 Å². The summed E-state index contributed by atoms with van der Waals surface area (Å²) in [4.78, 5) is 12.5. The van der Waals surface area contributed by atoms with Crippen molar-refractivity contribution in [1.29, 1.82) is 0 Å². The summed E-state index contributed by atoms with van der Waals surface area (Å²) < 4.78 is 5.87. The third-order valence-corrected chi connectivity index (χ3v) is 3.51. The summed E-state index contributed by atoms with van der Waals surface area (Å²) in [5, 5.41) is 0.660. The van der Waals surface area contributed by atoms with Crippen molar-refractivity contribution in [3.8, 4) is 11.1 Å². The Morgan fingerprint density at radius 2 is 1.72 bits per heavy atom. The quantitative estimate of drug-likeness (QED) is 0.467. The average Bonchev–Trinajstić information content (AvgIpc) is 2.77. The van der Waals surface area contributed by atoms with Gasteiger partial charge in [0.1, 0.15) is 11.3 Å². The molecule has 1 aliphatic carbocycles. The molecule has 2 heteroatoms. The molecule has 0 atom stereocenters. The third-order valence-electron chi connectivity index (χ3n) is 3.51. The zero-order chi connectivity index (χ0) is 12.1. The monoisotopic (exact) mass is 234 g/mol. The molecule has 0 bridgehead atoms. The van der Waals surface area contributed by atoms with Crippen molar-refractivity contribution in [1.82, 2.24) is 0 Å². The highest BCUT2D eigenvalue weighted by molar-refractivity contribution is 5.85. The van der Waals surface area contributed by atoms with Gasteiger partial charge in [0.15, 0.2) is 0 Å². The first-order chi connectivity index (χ1) is 8.84. The minimum Gasteiger partial charge on any atom is -0.460 e. The van der Waals surface area contributed by atoms with Crippen molar-refractivity contribution < 1.29 is 4.42 Å². The van der Waals surface area contributed by atoms with E-state index in [1.165, 1.54) is 5.56 Å². The van der Waals surface area contributed by atoms with Crippen molar-refractivity contribution in [2.24, 2.45) is 0 Å². The second kappa shape index (κ2) is 3.33. The number of rotatable bonds is 0. The van der Waals surface area contributed by atoms with Gasteiger partial charge in [0, 0.05) is 6.42 Å². The summed E-state index contributed by atoms with van der Waals surface area (Å²) in [5.74, 6) is 0.792. The minimum absolute atomic E-state index is 0.0804. The maximum absolute atomic E-state index is 12.5. The van der Waals surface area contributed by atoms with Crippen molar-refractivity contribution in [2.45, 2.75) is 6.42 Å². The molecule has 1 heterocycles. The Morgan fingerprint density at radius 1 is 0.944 bits per heavy atom. The Balaban J connectivity index is 2.18. The number of benzene rings is 2. The van der Waals surface area contributed by atoms with Gasteiger partial charge in [0.05, 0.1) is 10.9 Å². The summed E-state index contributed by atoms with van der Waals surface area (Å²) in [5.41, 5.74) is 3.69. The standard InChI is InChI=1S/C16H10O2/c17-16-12-7-3-4-8-13(12)18-14-9-10-5-1-2-6-11(10)15(14)16/h1-8H,9H2. The van der Waals surface area contributed by atoms with Crippen LogP contribution in [0.4, 0.5) is 0 Å². The summed E-state index contributed by atoms with van der Waals surface area (Å²) in [6.45, 7) is 0. The highest BCUT2D eigenvalue weighted by Gasteiger charge is 2.24. The maximum Gasteiger partial charge on any atom is 0.200 e. The van der Waals surface area contributed by atoms with Gasteiger partial charge in [-0.15, -0.1) is 0 Å². The minimum atomic E-state index is 0.0804. The van der Waals surface area contributed by atoms with Crippen molar-refractivity contribution in [2.75, 3.05) is 0 Å². The molecular formula is C16H10O2. The Kier molecular flexibility index (Phi) is 1.78. The van der Waals surface area contributed by atoms with E-state index in [9.17, 15) is 4.79 Å². The van der Waals surface area contributed by atoms with Gasteiger partial charge in [0.25, 0.3) is 0 Å². The predicted octanol–water partition coefficient (Wildman–Crippen LogP) is 3.36. The second-order valence-electron chi connectivity index (χ2n) is 4.56. The molecule has 0 saturated carbocycles. The first-order valence-corrected chi connectivity index (χ1v) is 5.97. The Hall–Kier alpha value is -2.35. The van der Waals surface area contributed by atoms with Crippen LogP contribution < -0.4 is 5.43 Å². The van der Waals surface area contributed by atoms with E-state index < -0.39 is 0 Å². The summed E-state index contributed by atoms with van der Waals surface area (Å²) >= 11 is 0. The fourth-order valence-corrected chi connectivity index (χ4v) is 2.68. The predicted molar refractivity (Wildman–Crippen MR) is 70.7 cm³/mol. The largest absolute Gasteiger partial charge is 0.460 e. The van der Waals surface area contributed by atoms with Crippen molar-refractivity contribution in [3.63, 3.8) is 0 Å². The van der Waals surface area contributed by atoms with Crippen LogP contribution in [0.5, 0.6) is 0 Å². The molecule has 2 nitrogen and oxygen atoms in total. The van der Waals surface area contributed by atoms with Gasteiger partial charge in [-0.2, -0.15) is 0 Å². The van der Waals surface area contributed by atoms with Crippen LogP contribution >= 0.6 is 0 Å². The SMILES string of the molecule is O=c1c2c(oc3ccccc13)Cc1ccccc1-2. The molecule has 0 radical (unpaired) electrons. The van der Waals surface area contributed by atoms with E-state index in [0.29, 0.717) is 17.4 Å². The van der Waals surface area contributed by atoms with Crippen LogP contribution in [0.25, 0.3) is 22.1 Å². The first kappa shape index (κ1) is 9.66. The normalized spacial score (nSPS) is 12.4. The lowest BCUT2D eigenvalue weighted by Gasteiger charge is -2.02. The van der Waals surface area contributed by atoms with E-state index in [1.54, 1.807) is 0 Å². The highest BCUT2D eigenvalue weighted by Crippen LogP contribution is 2.35. The topological polar surface area (TPSA) is 30.2 Å². The molecule has 1 aromatic heterocycles. The zero-order valence-electron chi connectivity index (χ0n) is 9.64. The third kappa shape index (κ3) is 1.15. The molecule has 4 rings (SSSR count). The lowest BCUT2D eigenvalue weighted by atomic mass is 10.1. The van der Waals surface area contributed by atoms with Gasteiger partial charge in [-0.05, 0) is 23.3 Å². The maximum atomic E-state index is 12.5. The molecule has 0 spiro atoms. The van der Waals surface area contributed by atoms with Crippen LogP contribution in [0, 0.1) is 0 Å². The fraction of sp³-hybridized carbons (Fsp3) is 0.0625. The van der Waals surface area contributed by atoms with E-state index in [4.69, 9.17) is 4.42 Å². The molecule has 3 aromatic rings. The number of hydrogen-bond donors (Lipinski definition) is 0. The number of para-hydroxylation sites is 1. The average molecular weight is 234 g/mol. The molecule has 2 aromatic carbocycles. The molecule has 18 heavy (non-hydrogen) atoms. The molecule has 0 saturated heterocycles. The van der Waals surface area contributed by atoms with Gasteiger partial charge in [-0.25, -0.2) is 0 Å². The molecule has 0 unspecified atom stereocenters. The van der Waals surface area contributed by atoms with Crippen LogP contribution in [0.1, 0.15) is 11.3 Å². The smallest absolute Gasteiger partial charge is 0.200 e. The van der Waals surface area contributed by atoms with E-state index in [-0.39, 0.29) is 5.43 Å². The summed E-state index contributed by atoms with van der Waals surface area (Å²) in [6, 6.07) is 15.4. The zero-order valence-corrected chi connectivity index (χ0v) is 9.64. The number of hydrogen-bond acceptors (Lipinski definition) is 2. The van der Waals surface area contributed by atoms with Crippen LogP contribution in [0.3, 0.4) is 0 Å². The molecule has 86 valence electrons. The first-order valence-electron chi connectivity index (χ1n) is 5.97. The lowest BCUT2D eigenvalue weighted by molar-refractivity contribution is 0.557. The fourth-order valence-electron chi connectivity index (χ4n) is 2.68. The molecule has 0 amide bonds. The molecular weight excluding hydrogens is 224 g/mol. The lowest BCUT2D eigenvalue weighted by Crippen LogP contribution is -2.05. The highest BCUT2D eigenvalue weighted by atomic mass is 16.3. The number of fused-ring (bicyclic) bond motifs is 4. The van der Waals surface area contributed by atoms with E-state index in [1.807, 2.05) is 42.5 Å². The Morgan fingerprint density at radius 3 is 2.67 bits per heavy atom. The summed E-state index contributed by atoms with van der Waals surface area (Å²) in [6.07, 6.45) is 0.714. The Bertz CT molecular complexity index is 828.